The molecular weight excluding hydrogens is 272 g/mol. The summed E-state index contributed by atoms with van der Waals surface area (Å²) in [6.07, 6.45) is 5.55. The second-order valence-corrected chi connectivity index (χ2v) is 6.24. The third-order valence-corrected chi connectivity index (χ3v) is 4.67. The molecule has 3 rings (SSSR count). The highest BCUT2D eigenvalue weighted by molar-refractivity contribution is 7.99. The van der Waals surface area contributed by atoms with Crippen molar-refractivity contribution in [2.45, 2.75) is 25.3 Å². The van der Waals surface area contributed by atoms with Crippen LogP contribution in [0.15, 0.2) is 18.3 Å². The molecular formula is C14H20N4OS. The molecule has 2 fully saturated rings. The Morgan fingerprint density at radius 2 is 2.20 bits per heavy atom. The number of amides is 1. The Hall–Kier alpha value is -1.27. The van der Waals surface area contributed by atoms with E-state index in [-0.39, 0.29) is 11.9 Å². The van der Waals surface area contributed by atoms with E-state index < -0.39 is 0 Å². The Bertz CT molecular complexity index is 453. The third-order valence-electron chi connectivity index (χ3n) is 3.73. The van der Waals surface area contributed by atoms with Crippen molar-refractivity contribution in [3.8, 4) is 0 Å². The molecule has 2 N–H and O–H groups in total. The van der Waals surface area contributed by atoms with Crippen molar-refractivity contribution in [2.24, 2.45) is 0 Å². The summed E-state index contributed by atoms with van der Waals surface area (Å²) in [6, 6.07) is 3.86. The van der Waals surface area contributed by atoms with Gasteiger partial charge in [-0.2, -0.15) is 0 Å². The maximum Gasteiger partial charge on any atom is 0.242 e. The number of thioether (sulfide) groups is 1. The second-order valence-electron chi connectivity index (χ2n) is 5.21. The fourth-order valence-electron chi connectivity index (χ4n) is 2.56. The number of hydrogen-bond donors (Lipinski definition) is 2. The van der Waals surface area contributed by atoms with Crippen LogP contribution in [-0.4, -0.2) is 41.7 Å². The summed E-state index contributed by atoms with van der Waals surface area (Å²) in [5.74, 6) is 2.73. The van der Waals surface area contributed by atoms with Crippen molar-refractivity contribution in [1.29, 1.82) is 0 Å². The first-order valence-electron chi connectivity index (χ1n) is 7.16. The zero-order valence-corrected chi connectivity index (χ0v) is 12.3. The van der Waals surface area contributed by atoms with Crippen LogP contribution in [0, 0.1) is 0 Å². The van der Waals surface area contributed by atoms with Crippen LogP contribution < -0.4 is 15.5 Å². The normalized spacial score (nSPS) is 22.8. The van der Waals surface area contributed by atoms with Gasteiger partial charge in [0.1, 0.15) is 5.82 Å². The van der Waals surface area contributed by atoms with Gasteiger partial charge in [-0.3, -0.25) is 10.1 Å². The van der Waals surface area contributed by atoms with E-state index in [4.69, 9.17) is 0 Å². The predicted octanol–water partition coefficient (Wildman–Crippen LogP) is 1.67. The zero-order valence-electron chi connectivity index (χ0n) is 11.5. The van der Waals surface area contributed by atoms with Crippen molar-refractivity contribution in [1.82, 2.24) is 10.3 Å². The topological polar surface area (TPSA) is 57.3 Å². The van der Waals surface area contributed by atoms with E-state index in [1.54, 1.807) is 18.0 Å². The van der Waals surface area contributed by atoms with Crippen LogP contribution >= 0.6 is 11.8 Å². The molecule has 1 aromatic heterocycles. The molecule has 0 aromatic carbocycles. The van der Waals surface area contributed by atoms with E-state index >= 15 is 0 Å². The smallest absolute Gasteiger partial charge is 0.242 e. The van der Waals surface area contributed by atoms with Crippen LogP contribution in [0.25, 0.3) is 0 Å². The molecule has 108 valence electrons. The van der Waals surface area contributed by atoms with Gasteiger partial charge in [-0.1, -0.05) is 0 Å². The maximum atomic E-state index is 12.0. The highest BCUT2D eigenvalue weighted by Gasteiger charge is 2.22. The van der Waals surface area contributed by atoms with Gasteiger partial charge in [0.25, 0.3) is 0 Å². The van der Waals surface area contributed by atoms with E-state index in [9.17, 15) is 4.79 Å². The van der Waals surface area contributed by atoms with Crippen molar-refractivity contribution >= 4 is 29.2 Å². The summed E-state index contributed by atoms with van der Waals surface area (Å²) in [7, 11) is 0. The number of nitrogens with one attached hydrogen (secondary N) is 2. The van der Waals surface area contributed by atoms with Crippen LogP contribution in [-0.2, 0) is 4.79 Å². The number of carbonyl (C=O) groups excluding carboxylic acids is 1. The summed E-state index contributed by atoms with van der Waals surface area (Å²) >= 11 is 1.75. The molecule has 5 nitrogen and oxygen atoms in total. The van der Waals surface area contributed by atoms with Gasteiger partial charge in [0.05, 0.1) is 17.9 Å². The predicted molar refractivity (Wildman–Crippen MR) is 83.2 cm³/mol. The van der Waals surface area contributed by atoms with Crippen LogP contribution in [0.5, 0.6) is 0 Å². The monoisotopic (exact) mass is 292 g/mol. The molecule has 20 heavy (non-hydrogen) atoms. The lowest BCUT2D eigenvalue weighted by atomic mass is 10.1. The van der Waals surface area contributed by atoms with Gasteiger partial charge in [-0.15, -0.1) is 11.8 Å². The summed E-state index contributed by atoms with van der Waals surface area (Å²) < 4.78 is 0. The Morgan fingerprint density at radius 3 is 2.85 bits per heavy atom. The van der Waals surface area contributed by atoms with Crippen molar-refractivity contribution in [2.75, 3.05) is 34.9 Å². The van der Waals surface area contributed by atoms with E-state index in [0.29, 0.717) is 0 Å². The SMILES string of the molecule is O=C(Nc1ccc(N2CCCCC2)nc1)C1CSCN1. The maximum absolute atomic E-state index is 12.0. The fraction of sp³-hybridized carbons (Fsp3) is 0.571. The summed E-state index contributed by atoms with van der Waals surface area (Å²) in [6.45, 7) is 2.17. The van der Waals surface area contributed by atoms with Crippen LogP contribution in [0.1, 0.15) is 19.3 Å². The van der Waals surface area contributed by atoms with Crippen LogP contribution in [0.2, 0.25) is 0 Å². The highest BCUT2D eigenvalue weighted by Crippen LogP contribution is 2.19. The van der Waals surface area contributed by atoms with Gasteiger partial charge >= 0.3 is 0 Å². The molecule has 0 bridgehead atoms. The van der Waals surface area contributed by atoms with Gasteiger partial charge in [0, 0.05) is 24.7 Å². The van der Waals surface area contributed by atoms with Crippen molar-refractivity contribution in [3.05, 3.63) is 18.3 Å². The van der Waals surface area contributed by atoms with Gasteiger partial charge in [-0.25, -0.2) is 4.98 Å². The minimum Gasteiger partial charge on any atom is -0.357 e. The van der Waals surface area contributed by atoms with Gasteiger partial charge < -0.3 is 10.2 Å². The van der Waals surface area contributed by atoms with Crippen molar-refractivity contribution in [3.63, 3.8) is 0 Å². The molecule has 0 saturated carbocycles. The van der Waals surface area contributed by atoms with Gasteiger partial charge in [0.15, 0.2) is 0 Å². The lowest BCUT2D eigenvalue weighted by Crippen LogP contribution is -2.37. The quantitative estimate of drug-likeness (QED) is 0.887. The molecule has 1 unspecified atom stereocenters. The molecule has 0 aliphatic carbocycles. The lowest BCUT2D eigenvalue weighted by molar-refractivity contribution is -0.117. The Balaban J connectivity index is 1.59. The number of rotatable bonds is 3. The van der Waals surface area contributed by atoms with Crippen molar-refractivity contribution < 1.29 is 4.79 Å². The molecule has 1 atom stereocenters. The van der Waals surface area contributed by atoms with E-state index in [0.717, 1.165) is 36.2 Å². The molecule has 0 spiro atoms. The Labute approximate surface area is 123 Å². The molecule has 2 saturated heterocycles. The molecule has 1 amide bonds. The highest BCUT2D eigenvalue weighted by atomic mass is 32.2. The fourth-order valence-corrected chi connectivity index (χ4v) is 3.50. The zero-order chi connectivity index (χ0) is 13.8. The minimum atomic E-state index is -0.0817. The average molecular weight is 292 g/mol. The van der Waals surface area contributed by atoms with Gasteiger partial charge in [-0.05, 0) is 31.4 Å². The number of anilines is 2. The first-order chi connectivity index (χ1) is 9.83. The average Bonchev–Trinajstić information content (AvgIpc) is 3.03. The number of nitrogens with zero attached hydrogens (tertiary/aromatic N) is 2. The van der Waals surface area contributed by atoms with E-state index in [1.165, 1.54) is 19.3 Å². The molecule has 2 aliphatic heterocycles. The van der Waals surface area contributed by atoms with E-state index in [1.807, 2.05) is 12.1 Å². The molecule has 6 heteroatoms. The Morgan fingerprint density at radius 1 is 1.35 bits per heavy atom. The number of hydrogen-bond acceptors (Lipinski definition) is 5. The lowest BCUT2D eigenvalue weighted by Gasteiger charge is -2.27. The van der Waals surface area contributed by atoms with Crippen LogP contribution in [0.4, 0.5) is 11.5 Å². The largest absolute Gasteiger partial charge is 0.357 e. The Kier molecular flexibility index (Phi) is 4.42. The van der Waals surface area contributed by atoms with Gasteiger partial charge in [0.2, 0.25) is 5.91 Å². The molecule has 3 heterocycles. The second kappa shape index (κ2) is 6.45. The summed E-state index contributed by atoms with van der Waals surface area (Å²) in [4.78, 5) is 18.8. The number of piperidine rings is 1. The number of pyridine rings is 1. The summed E-state index contributed by atoms with van der Waals surface area (Å²) in [5, 5.41) is 6.08. The molecule has 1 aromatic rings. The number of aromatic nitrogens is 1. The standard InChI is InChI=1S/C14H20N4OS/c19-14(12-9-20-10-16-12)17-11-4-5-13(15-8-11)18-6-2-1-3-7-18/h4-5,8,12,16H,1-3,6-7,9-10H2,(H,17,19). The first kappa shape index (κ1) is 13.7. The first-order valence-corrected chi connectivity index (χ1v) is 8.31. The third kappa shape index (κ3) is 3.24. The number of carbonyl (C=O) groups is 1. The molecule has 2 aliphatic rings. The summed E-state index contributed by atoms with van der Waals surface area (Å²) in [5.41, 5.74) is 0.773. The minimum absolute atomic E-state index is 0.0301. The van der Waals surface area contributed by atoms with E-state index in [2.05, 4.69) is 20.5 Å². The van der Waals surface area contributed by atoms with Crippen LogP contribution in [0.3, 0.4) is 0 Å². The molecule has 0 radical (unpaired) electrons.